The molecule has 0 fully saturated rings. The first kappa shape index (κ1) is 12.1. The summed E-state index contributed by atoms with van der Waals surface area (Å²) in [4.78, 5) is 0. The summed E-state index contributed by atoms with van der Waals surface area (Å²) in [6.45, 7) is 0.948. The summed E-state index contributed by atoms with van der Waals surface area (Å²) in [6, 6.07) is 9.29. The fourth-order valence-corrected chi connectivity index (χ4v) is 1.01. The molecule has 0 heterocycles. The minimum absolute atomic E-state index is 0.193. The van der Waals surface area contributed by atoms with Crippen molar-refractivity contribution in [3.8, 4) is 0 Å². The molecule has 4 heteroatoms. The lowest BCUT2D eigenvalue weighted by Crippen LogP contribution is -2.44. The Bertz CT molecular complexity index is 284. The van der Waals surface area contributed by atoms with Gasteiger partial charge in [-0.25, -0.2) is 0 Å². The standard InChI is InChI=1S/C11H16O4/c1-11(14,8-12)10(13)15-7-9-5-3-2-4-6-9/h2-6,10,12-14H,7-8H2,1H3. The van der Waals surface area contributed by atoms with E-state index in [1.807, 2.05) is 30.3 Å². The van der Waals surface area contributed by atoms with Crippen LogP contribution in [0.3, 0.4) is 0 Å². The van der Waals surface area contributed by atoms with Crippen LogP contribution >= 0.6 is 0 Å². The lowest BCUT2D eigenvalue weighted by Gasteiger charge is -2.26. The molecule has 0 spiro atoms. The van der Waals surface area contributed by atoms with Gasteiger partial charge in [-0.05, 0) is 12.5 Å². The topological polar surface area (TPSA) is 69.9 Å². The van der Waals surface area contributed by atoms with E-state index in [2.05, 4.69) is 0 Å². The molecule has 1 aromatic rings. The smallest absolute Gasteiger partial charge is 0.186 e. The van der Waals surface area contributed by atoms with Gasteiger partial charge < -0.3 is 20.1 Å². The van der Waals surface area contributed by atoms with E-state index < -0.39 is 18.5 Å². The second-order valence-electron chi connectivity index (χ2n) is 3.66. The first-order valence-corrected chi connectivity index (χ1v) is 4.73. The number of aliphatic hydroxyl groups is 3. The van der Waals surface area contributed by atoms with Gasteiger partial charge in [-0.3, -0.25) is 0 Å². The molecule has 0 radical (unpaired) electrons. The molecule has 0 aliphatic rings. The maximum Gasteiger partial charge on any atom is 0.186 e. The van der Waals surface area contributed by atoms with Gasteiger partial charge in [0, 0.05) is 0 Å². The summed E-state index contributed by atoms with van der Waals surface area (Å²) >= 11 is 0. The number of hydrogen-bond acceptors (Lipinski definition) is 4. The van der Waals surface area contributed by atoms with Crippen molar-refractivity contribution >= 4 is 0 Å². The van der Waals surface area contributed by atoms with Gasteiger partial charge in [0.25, 0.3) is 0 Å². The molecule has 0 aromatic heterocycles. The van der Waals surface area contributed by atoms with Crippen LogP contribution in [0, 0.1) is 0 Å². The molecule has 0 aliphatic heterocycles. The summed E-state index contributed by atoms with van der Waals surface area (Å²) in [5.41, 5.74) is -0.736. The lowest BCUT2D eigenvalue weighted by atomic mass is 10.1. The molecule has 0 saturated carbocycles. The third-order valence-corrected chi connectivity index (χ3v) is 2.10. The Labute approximate surface area is 88.8 Å². The Balaban J connectivity index is 2.44. The quantitative estimate of drug-likeness (QED) is 0.612. The number of rotatable bonds is 5. The largest absolute Gasteiger partial charge is 0.393 e. The van der Waals surface area contributed by atoms with Crippen molar-refractivity contribution in [2.45, 2.75) is 25.4 Å². The summed E-state index contributed by atoms with van der Waals surface area (Å²) < 4.78 is 5.03. The molecule has 0 aliphatic carbocycles. The summed E-state index contributed by atoms with van der Waals surface area (Å²) in [7, 11) is 0. The molecular formula is C11H16O4. The molecule has 2 atom stereocenters. The molecular weight excluding hydrogens is 196 g/mol. The summed E-state index contributed by atoms with van der Waals surface area (Å²) in [6.07, 6.45) is -1.40. The second kappa shape index (κ2) is 5.23. The normalized spacial score (nSPS) is 17.1. The average molecular weight is 212 g/mol. The Hall–Kier alpha value is -0.940. The van der Waals surface area contributed by atoms with Crippen LogP contribution in [0.25, 0.3) is 0 Å². The molecule has 4 nitrogen and oxygen atoms in total. The fraction of sp³-hybridized carbons (Fsp3) is 0.455. The maximum atomic E-state index is 9.44. The molecule has 1 rings (SSSR count). The van der Waals surface area contributed by atoms with Crippen LogP contribution in [0.5, 0.6) is 0 Å². The van der Waals surface area contributed by atoms with E-state index in [0.717, 1.165) is 5.56 Å². The zero-order chi connectivity index (χ0) is 11.3. The molecule has 0 saturated heterocycles. The molecule has 1 aromatic carbocycles. The number of hydrogen-bond donors (Lipinski definition) is 3. The Kier molecular flexibility index (Phi) is 4.23. The molecule has 0 amide bonds. The highest BCUT2D eigenvalue weighted by Crippen LogP contribution is 2.12. The van der Waals surface area contributed by atoms with Crippen LogP contribution in [0.15, 0.2) is 30.3 Å². The Morgan fingerprint density at radius 3 is 2.47 bits per heavy atom. The molecule has 3 N–H and O–H groups in total. The highest BCUT2D eigenvalue weighted by Gasteiger charge is 2.30. The number of aliphatic hydroxyl groups excluding tert-OH is 2. The highest BCUT2D eigenvalue weighted by atomic mass is 16.6. The van der Waals surface area contributed by atoms with Crippen molar-refractivity contribution in [2.75, 3.05) is 6.61 Å². The highest BCUT2D eigenvalue weighted by molar-refractivity contribution is 5.13. The van der Waals surface area contributed by atoms with Crippen molar-refractivity contribution in [2.24, 2.45) is 0 Å². The third-order valence-electron chi connectivity index (χ3n) is 2.10. The fourth-order valence-electron chi connectivity index (χ4n) is 1.01. The Morgan fingerprint density at radius 1 is 1.33 bits per heavy atom. The van der Waals surface area contributed by atoms with Gasteiger partial charge in [0.05, 0.1) is 13.2 Å². The van der Waals surface area contributed by atoms with Gasteiger partial charge in [-0.2, -0.15) is 0 Å². The van der Waals surface area contributed by atoms with E-state index in [-0.39, 0.29) is 6.61 Å². The van der Waals surface area contributed by atoms with E-state index in [4.69, 9.17) is 9.84 Å². The van der Waals surface area contributed by atoms with E-state index >= 15 is 0 Å². The van der Waals surface area contributed by atoms with E-state index in [1.165, 1.54) is 6.92 Å². The van der Waals surface area contributed by atoms with Crippen molar-refractivity contribution < 1.29 is 20.1 Å². The van der Waals surface area contributed by atoms with Gasteiger partial charge >= 0.3 is 0 Å². The predicted molar refractivity (Wildman–Crippen MR) is 54.9 cm³/mol. The van der Waals surface area contributed by atoms with Crippen molar-refractivity contribution in [1.82, 2.24) is 0 Å². The van der Waals surface area contributed by atoms with E-state index in [1.54, 1.807) is 0 Å². The molecule has 0 bridgehead atoms. The number of ether oxygens (including phenoxy) is 1. The SMILES string of the molecule is CC(O)(CO)C(O)OCc1ccccc1. The maximum absolute atomic E-state index is 9.44. The molecule has 15 heavy (non-hydrogen) atoms. The van der Waals surface area contributed by atoms with Crippen molar-refractivity contribution in [3.05, 3.63) is 35.9 Å². The minimum Gasteiger partial charge on any atom is -0.393 e. The van der Waals surface area contributed by atoms with Crippen LogP contribution in [-0.2, 0) is 11.3 Å². The van der Waals surface area contributed by atoms with Gasteiger partial charge in [-0.15, -0.1) is 0 Å². The van der Waals surface area contributed by atoms with Gasteiger partial charge in [0.15, 0.2) is 6.29 Å². The van der Waals surface area contributed by atoms with E-state index in [0.29, 0.717) is 0 Å². The van der Waals surface area contributed by atoms with Crippen molar-refractivity contribution in [3.63, 3.8) is 0 Å². The number of benzene rings is 1. The van der Waals surface area contributed by atoms with Crippen LogP contribution < -0.4 is 0 Å². The van der Waals surface area contributed by atoms with Gasteiger partial charge in [0.2, 0.25) is 0 Å². The first-order valence-electron chi connectivity index (χ1n) is 4.73. The average Bonchev–Trinajstić information content (AvgIpc) is 2.27. The van der Waals surface area contributed by atoms with Gasteiger partial charge in [-0.1, -0.05) is 30.3 Å². The monoisotopic (exact) mass is 212 g/mol. The molecule has 84 valence electrons. The molecule has 2 unspecified atom stereocenters. The minimum atomic E-state index is -1.63. The van der Waals surface area contributed by atoms with Crippen LogP contribution in [0.2, 0.25) is 0 Å². The van der Waals surface area contributed by atoms with Crippen molar-refractivity contribution in [1.29, 1.82) is 0 Å². The third kappa shape index (κ3) is 3.60. The van der Waals surface area contributed by atoms with Crippen LogP contribution in [0.4, 0.5) is 0 Å². The first-order chi connectivity index (χ1) is 7.06. The van der Waals surface area contributed by atoms with Crippen LogP contribution in [0.1, 0.15) is 12.5 Å². The summed E-state index contributed by atoms with van der Waals surface area (Å²) in [5.74, 6) is 0. The van der Waals surface area contributed by atoms with Gasteiger partial charge in [0.1, 0.15) is 5.60 Å². The summed E-state index contributed by atoms with van der Waals surface area (Å²) in [5, 5.41) is 27.6. The van der Waals surface area contributed by atoms with E-state index in [9.17, 15) is 10.2 Å². The second-order valence-corrected chi connectivity index (χ2v) is 3.66. The lowest BCUT2D eigenvalue weighted by molar-refractivity contribution is -0.222. The zero-order valence-electron chi connectivity index (χ0n) is 8.63. The Morgan fingerprint density at radius 2 is 1.93 bits per heavy atom. The zero-order valence-corrected chi connectivity index (χ0v) is 8.63. The predicted octanol–water partition coefficient (Wildman–Crippen LogP) is 0.265. The van der Waals surface area contributed by atoms with Crippen LogP contribution in [-0.4, -0.2) is 33.8 Å².